The van der Waals surface area contributed by atoms with Gasteiger partial charge in [-0.05, 0) is 24.6 Å². The summed E-state index contributed by atoms with van der Waals surface area (Å²) in [4.78, 5) is 6.29. The average molecular weight is 326 g/mol. The summed E-state index contributed by atoms with van der Waals surface area (Å²) in [6.07, 6.45) is -2.90. The van der Waals surface area contributed by atoms with Crippen LogP contribution in [0.5, 0.6) is 0 Å². The van der Waals surface area contributed by atoms with Gasteiger partial charge in [0.25, 0.3) is 0 Å². The fraction of sp³-hybridized carbons (Fsp3) is 0.438. The molecule has 0 radical (unpaired) electrons. The van der Waals surface area contributed by atoms with E-state index in [0.717, 1.165) is 30.0 Å². The van der Waals surface area contributed by atoms with Crippen molar-refractivity contribution in [3.05, 3.63) is 53.2 Å². The van der Waals surface area contributed by atoms with Crippen molar-refractivity contribution in [3.63, 3.8) is 0 Å². The van der Waals surface area contributed by atoms with Crippen molar-refractivity contribution in [2.45, 2.75) is 25.7 Å². The first-order valence-electron chi connectivity index (χ1n) is 7.34. The van der Waals surface area contributed by atoms with Gasteiger partial charge in [-0.2, -0.15) is 13.2 Å². The molecule has 4 nitrogen and oxygen atoms in total. The van der Waals surface area contributed by atoms with E-state index in [1.165, 1.54) is 12.1 Å². The van der Waals surface area contributed by atoms with E-state index in [4.69, 9.17) is 9.15 Å². The number of alkyl halides is 3. The fourth-order valence-corrected chi connectivity index (χ4v) is 2.60. The Labute approximate surface area is 131 Å². The summed E-state index contributed by atoms with van der Waals surface area (Å²) >= 11 is 0. The minimum absolute atomic E-state index is 0.248. The number of morpholine rings is 1. The number of oxazole rings is 1. The summed E-state index contributed by atoms with van der Waals surface area (Å²) in [5.74, 6) is 1.39. The van der Waals surface area contributed by atoms with Crippen molar-refractivity contribution in [2.24, 2.45) is 0 Å². The van der Waals surface area contributed by atoms with Gasteiger partial charge in [-0.15, -0.1) is 0 Å². The van der Waals surface area contributed by atoms with Crippen LogP contribution in [0.2, 0.25) is 0 Å². The Morgan fingerprint density at radius 1 is 1.26 bits per heavy atom. The molecule has 0 aliphatic carbocycles. The van der Waals surface area contributed by atoms with E-state index in [-0.39, 0.29) is 6.10 Å². The Kier molecular flexibility index (Phi) is 4.41. The molecule has 1 aliphatic rings. The molecule has 0 saturated carbocycles. The molecule has 0 unspecified atom stereocenters. The van der Waals surface area contributed by atoms with Crippen LogP contribution in [-0.4, -0.2) is 29.6 Å². The number of hydrogen-bond donors (Lipinski definition) is 0. The molecule has 1 atom stereocenters. The lowest BCUT2D eigenvalue weighted by molar-refractivity contribution is -0.137. The topological polar surface area (TPSA) is 38.5 Å². The number of aryl methyl sites for hydroxylation is 1. The third-order valence-electron chi connectivity index (χ3n) is 3.79. The van der Waals surface area contributed by atoms with E-state index in [1.54, 1.807) is 6.20 Å². The number of nitrogens with zero attached hydrogens (tertiary/aromatic N) is 2. The Morgan fingerprint density at radius 2 is 2.00 bits per heavy atom. The maximum absolute atomic E-state index is 12.6. The molecule has 124 valence electrons. The van der Waals surface area contributed by atoms with Gasteiger partial charge in [-0.1, -0.05) is 12.1 Å². The number of benzene rings is 1. The van der Waals surface area contributed by atoms with Crippen LogP contribution in [-0.2, 0) is 17.5 Å². The van der Waals surface area contributed by atoms with Gasteiger partial charge in [-0.3, -0.25) is 4.90 Å². The lowest BCUT2D eigenvalue weighted by atomic mass is 10.1. The SMILES string of the molecule is Cc1cnc(CN2CCO[C@H](c3ccc(C(F)(F)F)cc3)C2)o1. The first kappa shape index (κ1) is 16.0. The maximum Gasteiger partial charge on any atom is 0.416 e. The van der Waals surface area contributed by atoms with Gasteiger partial charge in [-0.25, -0.2) is 4.98 Å². The van der Waals surface area contributed by atoms with Gasteiger partial charge in [0, 0.05) is 13.1 Å². The van der Waals surface area contributed by atoms with Crippen molar-refractivity contribution in [1.82, 2.24) is 9.88 Å². The van der Waals surface area contributed by atoms with E-state index in [9.17, 15) is 13.2 Å². The van der Waals surface area contributed by atoms with Crippen LogP contribution in [0.3, 0.4) is 0 Å². The molecule has 0 amide bonds. The van der Waals surface area contributed by atoms with Crippen LogP contribution in [0.1, 0.15) is 28.9 Å². The van der Waals surface area contributed by atoms with E-state index in [2.05, 4.69) is 9.88 Å². The quantitative estimate of drug-likeness (QED) is 0.864. The molecule has 0 bridgehead atoms. The molecular weight excluding hydrogens is 309 g/mol. The molecule has 1 aromatic heterocycles. The van der Waals surface area contributed by atoms with Crippen molar-refractivity contribution in [1.29, 1.82) is 0 Å². The number of rotatable bonds is 3. The second-order valence-corrected chi connectivity index (χ2v) is 5.58. The van der Waals surface area contributed by atoms with Crippen LogP contribution in [0.25, 0.3) is 0 Å². The van der Waals surface area contributed by atoms with Crippen molar-refractivity contribution >= 4 is 0 Å². The highest BCUT2D eigenvalue weighted by molar-refractivity contribution is 5.26. The molecule has 1 saturated heterocycles. The van der Waals surface area contributed by atoms with Gasteiger partial charge >= 0.3 is 6.18 Å². The predicted octanol–water partition coefficient (Wildman–Crippen LogP) is 3.58. The molecule has 23 heavy (non-hydrogen) atoms. The standard InChI is InChI=1S/C16H17F3N2O2/c1-11-8-20-15(23-11)10-21-6-7-22-14(9-21)12-2-4-13(5-3-12)16(17,18)19/h2-5,8,14H,6-7,9-10H2,1H3/t14-/m0/s1. The zero-order valence-corrected chi connectivity index (χ0v) is 12.6. The van der Waals surface area contributed by atoms with Crippen LogP contribution < -0.4 is 0 Å². The van der Waals surface area contributed by atoms with Gasteiger partial charge in [0.1, 0.15) is 5.76 Å². The van der Waals surface area contributed by atoms with Gasteiger partial charge in [0.2, 0.25) is 5.89 Å². The molecule has 0 N–H and O–H groups in total. The highest BCUT2D eigenvalue weighted by Gasteiger charge is 2.31. The Hall–Kier alpha value is -1.86. The van der Waals surface area contributed by atoms with Crippen LogP contribution in [0, 0.1) is 6.92 Å². The van der Waals surface area contributed by atoms with Crippen molar-refractivity contribution in [3.8, 4) is 0 Å². The number of halogens is 3. The maximum atomic E-state index is 12.6. The van der Waals surface area contributed by atoms with Gasteiger partial charge in [0.05, 0.1) is 31.0 Å². The number of hydrogen-bond acceptors (Lipinski definition) is 4. The largest absolute Gasteiger partial charge is 0.445 e. The van der Waals surface area contributed by atoms with E-state index in [1.807, 2.05) is 6.92 Å². The van der Waals surface area contributed by atoms with Crippen molar-refractivity contribution < 1.29 is 22.3 Å². The Morgan fingerprint density at radius 3 is 2.61 bits per heavy atom. The minimum atomic E-state index is -4.32. The van der Waals surface area contributed by atoms with Crippen LogP contribution in [0.15, 0.2) is 34.9 Å². The van der Waals surface area contributed by atoms with E-state index in [0.29, 0.717) is 25.6 Å². The first-order chi connectivity index (χ1) is 10.9. The van der Waals surface area contributed by atoms with Crippen LogP contribution >= 0.6 is 0 Å². The summed E-state index contributed by atoms with van der Waals surface area (Å²) in [7, 11) is 0. The summed E-state index contributed by atoms with van der Waals surface area (Å²) in [6, 6.07) is 5.14. The Bertz CT molecular complexity index is 652. The summed E-state index contributed by atoms with van der Waals surface area (Å²) in [5, 5.41) is 0. The fourth-order valence-electron chi connectivity index (χ4n) is 2.60. The van der Waals surface area contributed by atoms with E-state index < -0.39 is 11.7 Å². The highest BCUT2D eigenvalue weighted by atomic mass is 19.4. The lowest BCUT2D eigenvalue weighted by Gasteiger charge is -2.32. The summed E-state index contributed by atoms with van der Waals surface area (Å²) in [6.45, 7) is 4.24. The molecule has 0 spiro atoms. The zero-order valence-electron chi connectivity index (χ0n) is 12.6. The number of aromatic nitrogens is 1. The number of ether oxygens (including phenoxy) is 1. The first-order valence-corrected chi connectivity index (χ1v) is 7.34. The molecule has 1 fully saturated rings. The average Bonchev–Trinajstić information content (AvgIpc) is 2.92. The molecule has 2 aromatic rings. The normalized spacial score (nSPS) is 19.9. The Balaban J connectivity index is 1.66. The predicted molar refractivity (Wildman–Crippen MR) is 76.7 cm³/mol. The van der Waals surface area contributed by atoms with Gasteiger partial charge < -0.3 is 9.15 Å². The second kappa shape index (κ2) is 6.33. The smallest absolute Gasteiger partial charge is 0.416 e. The zero-order chi connectivity index (χ0) is 16.4. The molecule has 1 aromatic carbocycles. The van der Waals surface area contributed by atoms with Crippen LogP contribution in [0.4, 0.5) is 13.2 Å². The third kappa shape index (κ3) is 3.92. The van der Waals surface area contributed by atoms with Gasteiger partial charge in [0.15, 0.2) is 0 Å². The molecule has 3 rings (SSSR count). The third-order valence-corrected chi connectivity index (χ3v) is 3.79. The molecule has 2 heterocycles. The minimum Gasteiger partial charge on any atom is -0.445 e. The summed E-state index contributed by atoms with van der Waals surface area (Å²) < 4.78 is 49.0. The lowest BCUT2D eigenvalue weighted by Crippen LogP contribution is -2.37. The molecule has 1 aliphatic heterocycles. The molecule has 7 heteroatoms. The monoisotopic (exact) mass is 326 g/mol. The second-order valence-electron chi connectivity index (χ2n) is 5.58. The summed E-state index contributed by atoms with van der Waals surface area (Å²) in [5.41, 5.74) is 0.0930. The van der Waals surface area contributed by atoms with E-state index >= 15 is 0 Å². The highest BCUT2D eigenvalue weighted by Crippen LogP contribution is 2.31. The molecular formula is C16H17F3N2O2. The van der Waals surface area contributed by atoms with Crippen molar-refractivity contribution in [2.75, 3.05) is 19.7 Å².